The van der Waals surface area contributed by atoms with E-state index in [4.69, 9.17) is 9.57 Å². The van der Waals surface area contributed by atoms with Crippen LogP contribution in [0.5, 0.6) is 5.75 Å². The highest BCUT2D eigenvalue weighted by Gasteiger charge is 2.29. The third-order valence-corrected chi connectivity index (χ3v) is 5.67. The predicted molar refractivity (Wildman–Crippen MR) is 137 cm³/mol. The molecule has 4 nitrogen and oxygen atoms in total. The van der Waals surface area contributed by atoms with Crippen LogP contribution in [0, 0.1) is 0 Å². The van der Waals surface area contributed by atoms with Crippen molar-refractivity contribution in [3.8, 4) is 16.9 Å². The van der Waals surface area contributed by atoms with E-state index in [2.05, 4.69) is 5.16 Å². The molecule has 37 heavy (non-hydrogen) atoms. The zero-order chi connectivity index (χ0) is 26.3. The molecule has 0 atom stereocenters. The third kappa shape index (κ3) is 7.07. The van der Waals surface area contributed by atoms with Crippen LogP contribution in [-0.4, -0.2) is 18.1 Å². The number of halogens is 3. The van der Waals surface area contributed by atoms with Crippen LogP contribution in [0.15, 0.2) is 108 Å². The first kappa shape index (κ1) is 25.7. The first-order chi connectivity index (χ1) is 17.8. The normalized spacial score (nSPS) is 11.7. The molecule has 0 heterocycles. The standard InChI is InChI=1S/C30H24F3NO3/c1-21(34-37-19-22-7-15-27(16-8-22)30(31,32)33)23-13-17-28(18-14-23)36-20-29(35)26-11-9-25(10-12-26)24-5-3-2-4-6-24/h2-18H,19-20H2,1H3. The maximum Gasteiger partial charge on any atom is 0.416 e. The highest BCUT2D eigenvalue weighted by atomic mass is 19.4. The van der Waals surface area contributed by atoms with Gasteiger partial charge in [-0.3, -0.25) is 4.79 Å². The number of carbonyl (C=O) groups is 1. The summed E-state index contributed by atoms with van der Waals surface area (Å²) in [6.07, 6.45) is -4.37. The lowest BCUT2D eigenvalue weighted by Crippen LogP contribution is -2.11. The molecule has 0 N–H and O–H groups in total. The van der Waals surface area contributed by atoms with E-state index in [1.54, 1.807) is 43.3 Å². The van der Waals surface area contributed by atoms with Crippen molar-refractivity contribution in [1.29, 1.82) is 0 Å². The first-order valence-corrected chi connectivity index (χ1v) is 11.5. The Morgan fingerprint density at radius 1 is 0.757 bits per heavy atom. The summed E-state index contributed by atoms with van der Waals surface area (Å²) in [6.45, 7) is 1.71. The topological polar surface area (TPSA) is 47.9 Å². The Morgan fingerprint density at radius 3 is 1.97 bits per heavy atom. The molecule has 4 aromatic rings. The Labute approximate surface area is 213 Å². The number of hydrogen-bond acceptors (Lipinski definition) is 4. The molecule has 0 bridgehead atoms. The van der Waals surface area contributed by atoms with Crippen molar-refractivity contribution in [3.63, 3.8) is 0 Å². The summed E-state index contributed by atoms with van der Waals surface area (Å²) in [4.78, 5) is 17.8. The predicted octanol–water partition coefficient (Wildman–Crippen LogP) is 7.57. The fourth-order valence-electron chi connectivity index (χ4n) is 3.55. The average Bonchev–Trinajstić information content (AvgIpc) is 2.92. The Bertz CT molecular complexity index is 1350. The highest BCUT2D eigenvalue weighted by molar-refractivity contribution is 5.98. The van der Waals surface area contributed by atoms with Gasteiger partial charge in [0.25, 0.3) is 0 Å². The van der Waals surface area contributed by atoms with E-state index in [1.165, 1.54) is 12.1 Å². The van der Waals surface area contributed by atoms with E-state index >= 15 is 0 Å². The molecule has 0 radical (unpaired) electrons. The molecule has 4 rings (SSSR count). The molecule has 0 saturated carbocycles. The Hall–Kier alpha value is -4.39. The smallest absolute Gasteiger partial charge is 0.416 e. The number of Topliss-reactive ketones (excluding diaryl/α,β-unsaturated/α-hetero) is 1. The van der Waals surface area contributed by atoms with Gasteiger partial charge in [0.15, 0.2) is 12.4 Å². The molecule has 0 spiro atoms. The second-order valence-corrected chi connectivity index (χ2v) is 8.32. The maximum absolute atomic E-state index is 12.6. The van der Waals surface area contributed by atoms with E-state index in [9.17, 15) is 18.0 Å². The quantitative estimate of drug-likeness (QED) is 0.134. The van der Waals surface area contributed by atoms with Gasteiger partial charge in [0, 0.05) is 5.56 Å². The van der Waals surface area contributed by atoms with Crippen molar-refractivity contribution in [2.75, 3.05) is 6.61 Å². The van der Waals surface area contributed by atoms with Gasteiger partial charge in [0.2, 0.25) is 0 Å². The molecule has 7 heteroatoms. The third-order valence-electron chi connectivity index (χ3n) is 5.67. The summed E-state index contributed by atoms with van der Waals surface area (Å²) in [5, 5.41) is 4.03. The van der Waals surface area contributed by atoms with Crippen LogP contribution >= 0.6 is 0 Å². The van der Waals surface area contributed by atoms with Gasteiger partial charge in [-0.1, -0.05) is 71.9 Å². The minimum Gasteiger partial charge on any atom is -0.485 e. The lowest BCUT2D eigenvalue weighted by molar-refractivity contribution is -0.137. The number of hydrogen-bond donors (Lipinski definition) is 0. The van der Waals surface area contributed by atoms with E-state index in [0.29, 0.717) is 22.6 Å². The fraction of sp³-hybridized carbons (Fsp3) is 0.133. The number of ketones is 1. The molecule has 0 saturated heterocycles. The van der Waals surface area contributed by atoms with Crippen LogP contribution in [0.4, 0.5) is 13.2 Å². The summed E-state index contributed by atoms with van der Waals surface area (Å²) >= 11 is 0. The minimum absolute atomic E-state index is 0.0467. The molecule has 0 aliphatic carbocycles. The van der Waals surface area contributed by atoms with Crippen molar-refractivity contribution >= 4 is 11.5 Å². The van der Waals surface area contributed by atoms with E-state index < -0.39 is 11.7 Å². The molecule has 0 amide bonds. The lowest BCUT2D eigenvalue weighted by Gasteiger charge is -2.08. The van der Waals surface area contributed by atoms with Gasteiger partial charge in [-0.2, -0.15) is 13.2 Å². The van der Waals surface area contributed by atoms with Gasteiger partial charge >= 0.3 is 6.18 Å². The minimum atomic E-state index is -4.37. The van der Waals surface area contributed by atoms with Gasteiger partial charge in [-0.15, -0.1) is 0 Å². The first-order valence-electron chi connectivity index (χ1n) is 11.5. The summed E-state index contributed by atoms with van der Waals surface area (Å²) < 4.78 is 43.6. The fourth-order valence-corrected chi connectivity index (χ4v) is 3.55. The number of oxime groups is 1. The number of rotatable bonds is 9. The summed E-state index contributed by atoms with van der Waals surface area (Å²) in [5.41, 5.74) is 3.93. The summed E-state index contributed by atoms with van der Waals surface area (Å²) in [7, 11) is 0. The van der Waals surface area contributed by atoms with E-state index in [0.717, 1.165) is 28.8 Å². The summed E-state index contributed by atoms with van der Waals surface area (Å²) in [6, 6.07) is 29.1. The second-order valence-electron chi connectivity index (χ2n) is 8.32. The van der Waals surface area contributed by atoms with Crippen molar-refractivity contribution in [3.05, 3.63) is 125 Å². The number of carbonyl (C=O) groups excluding carboxylic acids is 1. The zero-order valence-electron chi connectivity index (χ0n) is 20.0. The van der Waals surface area contributed by atoms with Crippen LogP contribution in [0.1, 0.15) is 34.0 Å². The molecule has 0 aliphatic heterocycles. The van der Waals surface area contributed by atoms with Crippen LogP contribution < -0.4 is 4.74 Å². The largest absolute Gasteiger partial charge is 0.485 e. The number of ether oxygens (including phenoxy) is 1. The van der Waals surface area contributed by atoms with Gasteiger partial charge in [-0.05, 0) is 65.6 Å². The monoisotopic (exact) mass is 503 g/mol. The van der Waals surface area contributed by atoms with Crippen LogP contribution in [0.3, 0.4) is 0 Å². The molecule has 188 valence electrons. The van der Waals surface area contributed by atoms with Gasteiger partial charge in [0.05, 0.1) is 11.3 Å². The number of benzene rings is 4. The lowest BCUT2D eigenvalue weighted by atomic mass is 10.0. The van der Waals surface area contributed by atoms with Crippen molar-refractivity contribution < 1.29 is 27.5 Å². The second kappa shape index (κ2) is 11.6. The van der Waals surface area contributed by atoms with Crippen LogP contribution in [0.25, 0.3) is 11.1 Å². The Morgan fingerprint density at radius 2 is 1.35 bits per heavy atom. The molecular formula is C30H24F3NO3. The molecule has 0 aromatic heterocycles. The van der Waals surface area contributed by atoms with Crippen LogP contribution in [-0.2, 0) is 17.6 Å². The maximum atomic E-state index is 12.6. The average molecular weight is 504 g/mol. The van der Waals surface area contributed by atoms with E-state index in [-0.39, 0.29) is 19.0 Å². The molecule has 0 aliphatic rings. The molecule has 0 unspecified atom stereocenters. The van der Waals surface area contributed by atoms with E-state index in [1.807, 2.05) is 42.5 Å². The molecule has 4 aromatic carbocycles. The highest BCUT2D eigenvalue weighted by Crippen LogP contribution is 2.29. The van der Waals surface area contributed by atoms with Gasteiger partial charge in [0.1, 0.15) is 12.4 Å². The van der Waals surface area contributed by atoms with Crippen molar-refractivity contribution in [2.45, 2.75) is 19.7 Å². The van der Waals surface area contributed by atoms with Crippen molar-refractivity contribution in [2.24, 2.45) is 5.16 Å². The molecular weight excluding hydrogens is 479 g/mol. The summed E-state index contributed by atoms with van der Waals surface area (Å²) in [5.74, 6) is 0.412. The van der Waals surface area contributed by atoms with Gasteiger partial charge in [-0.25, -0.2) is 0 Å². The zero-order valence-corrected chi connectivity index (χ0v) is 20.0. The molecule has 0 fully saturated rings. The number of alkyl halides is 3. The van der Waals surface area contributed by atoms with Crippen LogP contribution in [0.2, 0.25) is 0 Å². The van der Waals surface area contributed by atoms with Gasteiger partial charge < -0.3 is 9.57 Å². The SMILES string of the molecule is CC(=NOCc1ccc(C(F)(F)F)cc1)c1ccc(OCC(=O)c2ccc(-c3ccccc3)cc2)cc1. The Balaban J connectivity index is 1.27. The number of nitrogens with zero attached hydrogens (tertiary/aromatic N) is 1. The Kier molecular flexibility index (Phi) is 8.03. The van der Waals surface area contributed by atoms with Crippen molar-refractivity contribution in [1.82, 2.24) is 0 Å².